The van der Waals surface area contributed by atoms with Crippen molar-refractivity contribution in [1.29, 1.82) is 0 Å². The fourth-order valence-corrected chi connectivity index (χ4v) is 4.14. The number of nitrogen functional groups attached to an aromatic ring is 1. The van der Waals surface area contributed by atoms with Crippen molar-refractivity contribution < 1.29 is 17.8 Å². The third-order valence-electron chi connectivity index (χ3n) is 4.66. The number of amides is 1. The van der Waals surface area contributed by atoms with Crippen molar-refractivity contribution in [3.63, 3.8) is 0 Å². The van der Waals surface area contributed by atoms with Gasteiger partial charge in [0.15, 0.2) is 39.5 Å². The fraction of sp³-hybridized carbons (Fsp3) is 0.333. The number of rotatable bonds is 11. The van der Waals surface area contributed by atoms with Gasteiger partial charge in [0.2, 0.25) is 10.0 Å². The molecule has 18 heteroatoms. The molecule has 0 radical (unpaired) electrons. The molecule has 0 aliphatic carbocycles. The number of hydrogen-bond acceptors (Lipinski definition) is 12. The molecule has 0 unspecified atom stereocenters. The Morgan fingerprint density at radius 3 is 2.42 bits per heavy atom. The molecule has 1 amide bonds. The number of nitrogens with one attached hydrogen (secondary N) is 3. The van der Waals surface area contributed by atoms with Crippen LogP contribution < -0.4 is 33.2 Å². The molecule has 36 heavy (non-hydrogen) atoms. The van der Waals surface area contributed by atoms with Crippen LogP contribution in [0.1, 0.15) is 10.5 Å². The average molecular weight is 541 g/mol. The third kappa shape index (κ3) is 6.06. The van der Waals surface area contributed by atoms with Gasteiger partial charge in [-0.1, -0.05) is 11.6 Å². The van der Waals surface area contributed by atoms with Gasteiger partial charge in [0.25, 0.3) is 0 Å². The number of anilines is 3. The SMILES string of the molecule is CN(C)S(=O)(=O)c1ccc(NCCNCCNc2nc(N)c(C(=O)N=C(N)N)nc2Cl)c2nonc12. The van der Waals surface area contributed by atoms with Crippen LogP contribution in [-0.4, -0.2) is 85.1 Å². The van der Waals surface area contributed by atoms with Gasteiger partial charge >= 0.3 is 5.91 Å². The highest BCUT2D eigenvalue weighted by molar-refractivity contribution is 7.89. The molecule has 9 N–H and O–H groups in total. The Bertz CT molecular complexity index is 1390. The number of aromatic nitrogens is 4. The lowest BCUT2D eigenvalue weighted by molar-refractivity contribution is 0.0998. The van der Waals surface area contributed by atoms with Crippen LogP contribution in [-0.2, 0) is 10.0 Å². The molecule has 0 saturated heterocycles. The Labute approximate surface area is 210 Å². The summed E-state index contributed by atoms with van der Waals surface area (Å²) in [6, 6.07) is 3.06. The molecule has 0 bridgehead atoms. The monoisotopic (exact) mass is 540 g/mol. The highest BCUT2D eigenvalue weighted by Gasteiger charge is 2.24. The quantitative estimate of drug-likeness (QED) is 0.0972. The molecule has 1 aromatic carbocycles. The number of guanidine groups is 1. The van der Waals surface area contributed by atoms with E-state index in [0.29, 0.717) is 37.4 Å². The molecule has 3 rings (SSSR count). The zero-order valence-corrected chi connectivity index (χ0v) is 20.9. The second kappa shape index (κ2) is 11.3. The number of carbonyl (C=O) groups excluding carboxylic acids is 1. The van der Waals surface area contributed by atoms with Crippen LogP contribution in [0.15, 0.2) is 26.6 Å². The van der Waals surface area contributed by atoms with Gasteiger partial charge in [-0.05, 0) is 22.4 Å². The van der Waals surface area contributed by atoms with Gasteiger partial charge in [-0.3, -0.25) is 4.79 Å². The molecule has 0 spiro atoms. The maximum atomic E-state index is 12.5. The molecule has 0 fully saturated rings. The van der Waals surface area contributed by atoms with Crippen molar-refractivity contribution in [3.05, 3.63) is 23.0 Å². The first-order chi connectivity index (χ1) is 17.0. The smallest absolute Gasteiger partial charge is 0.302 e. The second-order valence-electron chi connectivity index (χ2n) is 7.40. The van der Waals surface area contributed by atoms with Gasteiger partial charge in [-0.15, -0.1) is 0 Å². The number of fused-ring (bicyclic) bond motifs is 1. The van der Waals surface area contributed by atoms with Gasteiger partial charge in [-0.2, -0.15) is 4.99 Å². The molecular weight excluding hydrogens is 516 g/mol. The van der Waals surface area contributed by atoms with Gasteiger partial charge < -0.3 is 33.2 Å². The van der Waals surface area contributed by atoms with Crippen LogP contribution in [0.2, 0.25) is 5.15 Å². The highest BCUT2D eigenvalue weighted by atomic mass is 35.5. The van der Waals surface area contributed by atoms with Crippen molar-refractivity contribution in [2.24, 2.45) is 16.5 Å². The number of hydrogen-bond donors (Lipinski definition) is 6. The molecule has 16 nitrogen and oxygen atoms in total. The lowest BCUT2D eigenvalue weighted by Crippen LogP contribution is -2.28. The number of sulfonamides is 1. The largest absolute Gasteiger partial charge is 0.382 e. The Morgan fingerprint density at radius 1 is 1.08 bits per heavy atom. The Hall–Kier alpha value is -3.80. The molecule has 3 aromatic rings. The van der Waals surface area contributed by atoms with Crippen molar-refractivity contribution in [3.8, 4) is 0 Å². The Morgan fingerprint density at radius 2 is 1.75 bits per heavy atom. The van der Waals surface area contributed by atoms with E-state index in [-0.39, 0.29) is 32.9 Å². The summed E-state index contributed by atoms with van der Waals surface area (Å²) in [5.41, 5.74) is 16.9. The molecule has 2 aromatic heterocycles. The lowest BCUT2D eigenvalue weighted by Gasteiger charge is -2.13. The van der Waals surface area contributed by atoms with E-state index in [1.54, 1.807) is 6.07 Å². The second-order valence-corrected chi connectivity index (χ2v) is 9.88. The van der Waals surface area contributed by atoms with E-state index in [1.807, 2.05) is 0 Å². The minimum atomic E-state index is -3.70. The van der Waals surface area contributed by atoms with Crippen LogP contribution in [0.25, 0.3) is 11.0 Å². The average Bonchev–Trinajstić information content (AvgIpc) is 3.29. The summed E-state index contributed by atoms with van der Waals surface area (Å²) in [5, 5.41) is 16.8. The number of carbonyl (C=O) groups is 1. The first-order valence-electron chi connectivity index (χ1n) is 10.4. The van der Waals surface area contributed by atoms with Crippen LogP contribution in [0.4, 0.5) is 17.3 Å². The molecule has 0 aliphatic heterocycles. The van der Waals surface area contributed by atoms with Gasteiger partial charge in [0.05, 0.1) is 5.69 Å². The molecule has 194 valence electrons. The van der Waals surface area contributed by atoms with Gasteiger partial charge in [0.1, 0.15) is 4.90 Å². The van der Waals surface area contributed by atoms with Crippen LogP contribution in [0.3, 0.4) is 0 Å². The van der Waals surface area contributed by atoms with Crippen molar-refractivity contribution in [1.82, 2.24) is 29.9 Å². The summed E-state index contributed by atoms with van der Waals surface area (Å²) in [7, 11) is -0.836. The molecule has 2 heterocycles. The summed E-state index contributed by atoms with van der Waals surface area (Å²) in [6.45, 7) is 2.00. The summed E-state index contributed by atoms with van der Waals surface area (Å²) in [6.07, 6.45) is 0. The number of nitrogens with zero attached hydrogens (tertiary/aromatic N) is 6. The van der Waals surface area contributed by atoms with E-state index in [0.717, 1.165) is 4.31 Å². The maximum Gasteiger partial charge on any atom is 0.302 e. The predicted molar refractivity (Wildman–Crippen MR) is 134 cm³/mol. The zero-order valence-electron chi connectivity index (χ0n) is 19.3. The molecule has 0 aliphatic rings. The van der Waals surface area contributed by atoms with Crippen molar-refractivity contribution in [2.45, 2.75) is 4.90 Å². The third-order valence-corrected chi connectivity index (χ3v) is 6.77. The van der Waals surface area contributed by atoms with Gasteiger partial charge in [0, 0.05) is 40.3 Å². The van der Waals surface area contributed by atoms with Gasteiger partial charge in [-0.25, -0.2) is 27.3 Å². The molecule has 0 saturated carbocycles. The van der Waals surface area contributed by atoms with Crippen LogP contribution >= 0.6 is 11.6 Å². The van der Waals surface area contributed by atoms with E-state index in [2.05, 4.69) is 41.2 Å². The first kappa shape index (κ1) is 26.8. The number of benzene rings is 1. The maximum absolute atomic E-state index is 12.5. The highest BCUT2D eigenvalue weighted by Crippen LogP contribution is 2.28. The lowest BCUT2D eigenvalue weighted by atomic mass is 10.2. The number of aliphatic imine (C=N–C) groups is 1. The summed E-state index contributed by atoms with van der Waals surface area (Å²) < 4.78 is 30.8. The molecular formula is C18H25ClN12O4S. The van der Waals surface area contributed by atoms with Crippen LogP contribution in [0, 0.1) is 0 Å². The van der Waals surface area contributed by atoms with Crippen molar-refractivity contribution >= 4 is 61.8 Å². The predicted octanol–water partition coefficient (Wildman–Crippen LogP) is -0.974. The first-order valence-corrected chi connectivity index (χ1v) is 12.2. The molecule has 0 atom stereocenters. The number of nitrogens with two attached hydrogens (primary N) is 3. The zero-order chi connectivity index (χ0) is 26.5. The van der Waals surface area contributed by atoms with E-state index in [4.69, 9.17) is 33.4 Å². The summed E-state index contributed by atoms with van der Waals surface area (Å²) in [5.74, 6) is -1.26. The van der Waals surface area contributed by atoms with Crippen LogP contribution in [0.5, 0.6) is 0 Å². The van der Waals surface area contributed by atoms with E-state index >= 15 is 0 Å². The van der Waals surface area contributed by atoms with E-state index in [9.17, 15) is 13.2 Å². The summed E-state index contributed by atoms with van der Waals surface area (Å²) in [4.78, 5) is 23.2. The standard InChI is InChI=1S/C18H25ClN12O4S/c1-31(2)36(33,34)10-4-3-9(11-12(10)30-35-29-11)24-7-5-23-6-8-25-16-14(19)26-13(15(20)27-16)17(32)28-18(21)22/h3-4,23-24H,5-8H2,1-2H3,(H3,20,25,27)(H4,21,22,28,32). The number of halogens is 1. The fourth-order valence-electron chi connectivity index (χ4n) is 2.94. The van der Waals surface area contributed by atoms with E-state index < -0.39 is 21.9 Å². The minimum Gasteiger partial charge on any atom is -0.382 e. The Kier molecular flexibility index (Phi) is 8.41. The topological polar surface area (TPSA) is 246 Å². The normalized spacial score (nSPS) is 11.6. The van der Waals surface area contributed by atoms with E-state index in [1.165, 1.54) is 20.2 Å². The summed E-state index contributed by atoms with van der Waals surface area (Å²) >= 11 is 6.06. The minimum absolute atomic E-state index is 0.00883. The van der Waals surface area contributed by atoms with Crippen molar-refractivity contribution in [2.75, 3.05) is 56.6 Å². The Balaban J connectivity index is 1.49.